The molecule has 0 saturated heterocycles. The van der Waals surface area contributed by atoms with E-state index < -0.39 is 11.9 Å². The Morgan fingerprint density at radius 1 is 1.10 bits per heavy atom. The molecule has 0 aliphatic rings. The van der Waals surface area contributed by atoms with Crippen molar-refractivity contribution in [3.05, 3.63) is 27.2 Å². The fraction of sp³-hybridized carbons (Fsp3) is 0.385. The molecule has 0 aliphatic heterocycles. The van der Waals surface area contributed by atoms with Crippen molar-refractivity contribution < 1.29 is 23.8 Å². The molecule has 1 rings (SSSR count). The van der Waals surface area contributed by atoms with Crippen molar-refractivity contribution in [1.82, 2.24) is 0 Å². The van der Waals surface area contributed by atoms with Gasteiger partial charge >= 0.3 is 11.9 Å². The first-order valence-electron chi connectivity index (χ1n) is 5.88. The summed E-state index contributed by atoms with van der Waals surface area (Å²) in [5, 5.41) is -0.0360. The highest BCUT2D eigenvalue weighted by Gasteiger charge is 2.26. The number of benzene rings is 1. The smallest absolute Gasteiger partial charge is 0.343 e. The molecule has 0 N–H and O–H groups in total. The molecule has 0 amide bonds. The largest absolute Gasteiger partial charge is 0.494 e. The maximum absolute atomic E-state index is 11.8. The summed E-state index contributed by atoms with van der Waals surface area (Å²) in [6.07, 6.45) is 0. The normalized spacial score (nSPS) is 10.1. The van der Waals surface area contributed by atoms with Crippen LogP contribution in [-0.2, 0) is 9.47 Å². The quantitative estimate of drug-likeness (QED) is 0.778. The first-order valence-corrected chi connectivity index (χ1v) is 6.63. The first-order chi connectivity index (χ1) is 9.47. The highest BCUT2D eigenvalue weighted by Crippen LogP contribution is 2.37. The van der Waals surface area contributed by atoms with Gasteiger partial charge < -0.3 is 14.2 Å². The van der Waals surface area contributed by atoms with Gasteiger partial charge in [0, 0.05) is 0 Å². The van der Waals surface area contributed by atoms with E-state index in [2.05, 4.69) is 0 Å². The van der Waals surface area contributed by atoms with Crippen molar-refractivity contribution in [3.8, 4) is 5.75 Å². The van der Waals surface area contributed by atoms with E-state index in [9.17, 15) is 9.59 Å². The van der Waals surface area contributed by atoms with Crippen LogP contribution in [0.2, 0.25) is 10.0 Å². The molecule has 0 aromatic heterocycles. The second kappa shape index (κ2) is 7.36. The van der Waals surface area contributed by atoms with Crippen LogP contribution in [0.4, 0.5) is 0 Å². The predicted molar refractivity (Wildman–Crippen MR) is 74.9 cm³/mol. The van der Waals surface area contributed by atoms with Gasteiger partial charge in [-0.1, -0.05) is 23.2 Å². The summed E-state index contributed by atoms with van der Waals surface area (Å²) in [5.41, 5.74) is 0.0116. The van der Waals surface area contributed by atoms with Crippen LogP contribution in [0.3, 0.4) is 0 Å². The van der Waals surface area contributed by atoms with Crippen LogP contribution in [0.25, 0.3) is 0 Å². The molecule has 110 valence electrons. The Morgan fingerprint density at radius 3 is 2.15 bits per heavy atom. The third-order valence-electron chi connectivity index (χ3n) is 2.35. The van der Waals surface area contributed by atoms with Crippen LogP contribution in [-0.4, -0.2) is 32.3 Å². The lowest BCUT2D eigenvalue weighted by Crippen LogP contribution is -2.12. The van der Waals surface area contributed by atoms with Gasteiger partial charge in [0.1, 0.15) is 5.56 Å². The zero-order chi connectivity index (χ0) is 15.3. The van der Waals surface area contributed by atoms with Crippen molar-refractivity contribution in [2.75, 3.05) is 20.3 Å². The Kier molecular flexibility index (Phi) is 6.10. The topological polar surface area (TPSA) is 61.8 Å². The number of carbonyl (C=O) groups excluding carboxylic acids is 2. The zero-order valence-electron chi connectivity index (χ0n) is 11.3. The number of methoxy groups -OCH3 is 1. The van der Waals surface area contributed by atoms with Crippen LogP contribution in [0.1, 0.15) is 34.6 Å². The average molecular weight is 321 g/mol. The lowest BCUT2D eigenvalue weighted by molar-refractivity contribution is 0.0508. The van der Waals surface area contributed by atoms with Gasteiger partial charge in [-0.05, 0) is 19.9 Å². The fourth-order valence-corrected chi connectivity index (χ4v) is 2.12. The highest BCUT2D eigenvalue weighted by atomic mass is 35.5. The molecule has 0 aliphatic carbocycles. The van der Waals surface area contributed by atoms with Crippen molar-refractivity contribution in [2.45, 2.75) is 13.8 Å². The molecule has 20 heavy (non-hydrogen) atoms. The molecule has 0 atom stereocenters. The van der Waals surface area contributed by atoms with Gasteiger partial charge in [-0.2, -0.15) is 0 Å². The monoisotopic (exact) mass is 320 g/mol. The van der Waals surface area contributed by atoms with E-state index in [-0.39, 0.29) is 40.1 Å². The SMILES string of the molecule is CCOC(=O)c1cc(Cl)c(C(=O)OCC)c(OC)c1Cl. The summed E-state index contributed by atoms with van der Waals surface area (Å²) < 4.78 is 14.8. The molecular formula is C13H14Cl2O5. The number of hydrogen-bond donors (Lipinski definition) is 0. The van der Waals surface area contributed by atoms with Crippen LogP contribution in [0.5, 0.6) is 5.75 Å². The van der Waals surface area contributed by atoms with Gasteiger partial charge in [0.25, 0.3) is 0 Å². The summed E-state index contributed by atoms with van der Waals surface area (Å²) in [6.45, 7) is 3.69. The number of halogens is 2. The van der Waals surface area contributed by atoms with E-state index >= 15 is 0 Å². The molecule has 7 heteroatoms. The van der Waals surface area contributed by atoms with E-state index in [0.29, 0.717) is 0 Å². The fourth-order valence-electron chi connectivity index (χ4n) is 1.55. The summed E-state index contributed by atoms with van der Waals surface area (Å²) in [5.74, 6) is -1.33. The minimum absolute atomic E-state index is 0.00718. The molecule has 0 bridgehead atoms. The molecular weight excluding hydrogens is 307 g/mol. The van der Waals surface area contributed by atoms with Crippen molar-refractivity contribution in [2.24, 2.45) is 0 Å². The van der Waals surface area contributed by atoms with Crippen molar-refractivity contribution in [3.63, 3.8) is 0 Å². The maximum Gasteiger partial charge on any atom is 0.343 e. The van der Waals surface area contributed by atoms with Gasteiger partial charge in [-0.15, -0.1) is 0 Å². The van der Waals surface area contributed by atoms with Gasteiger partial charge in [-0.25, -0.2) is 9.59 Å². The lowest BCUT2D eigenvalue weighted by Gasteiger charge is -2.14. The first kappa shape index (κ1) is 16.6. The molecule has 0 saturated carbocycles. The molecule has 0 radical (unpaired) electrons. The predicted octanol–water partition coefficient (Wildman–Crippen LogP) is 3.36. The van der Waals surface area contributed by atoms with E-state index in [4.69, 9.17) is 37.4 Å². The van der Waals surface area contributed by atoms with Gasteiger partial charge in [0.15, 0.2) is 5.75 Å². The van der Waals surface area contributed by atoms with Crippen LogP contribution < -0.4 is 4.74 Å². The molecule has 1 aromatic carbocycles. The van der Waals surface area contributed by atoms with Crippen molar-refractivity contribution in [1.29, 1.82) is 0 Å². The number of ether oxygens (including phenoxy) is 3. The summed E-state index contributed by atoms with van der Waals surface area (Å²) in [7, 11) is 1.31. The Balaban J connectivity index is 3.40. The summed E-state index contributed by atoms with van der Waals surface area (Å²) in [6, 6.07) is 1.26. The molecule has 5 nitrogen and oxygen atoms in total. The Bertz CT molecular complexity index is 528. The minimum Gasteiger partial charge on any atom is -0.494 e. The molecule has 0 unspecified atom stereocenters. The Hall–Kier alpha value is -1.46. The number of esters is 2. The van der Waals surface area contributed by atoms with Gasteiger partial charge in [0.05, 0.1) is 35.9 Å². The molecule has 0 spiro atoms. The second-order valence-electron chi connectivity index (χ2n) is 3.57. The average Bonchev–Trinajstić information content (AvgIpc) is 2.40. The van der Waals surface area contributed by atoms with E-state index in [1.54, 1.807) is 13.8 Å². The summed E-state index contributed by atoms with van der Waals surface area (Å²) >= 11 is 12.1. The van der Waals surface area contributed by atoms with Gasteiger partial charge in [-0.3, -0.25) is 0 Å². The Labute approximate surface area is 126 Å². The highest BCUT2D eigenvalue weighted by molar-refractivity contribution is 6.39. The Morgan fingerprint density at radius 2 is 1.65 bits per heavy atom. The van der Waals surface area contributed by atoms with Crippen LogP contribution >= 0.6 is 23.2 Å². The lowest BCUT2D eigenvalue weighted by atomic mass is 10.1. The second-order valence-corrected chi connectivity index (χ2v) is 4.35. The van der Waals surface area contributed by atoms with E-state index in [1.165, 1.54) is 13.2 Å². The molecule has 1 aromatic rings. The standard InChI is InChI=1S/C13H14Cl2O5/c1-4-19-12(16)7-6-8(14)9(13(17)20-5-2)11(18-3)10(7)15/h6H,4-5H2,1-3H3. The van der Waals surface area contributed by atoms with Crippen LogP contribution in [0, 0.1) is 0 Å². The van der Waals surface area contributed by atoms with Gasteiger partial charge in [0.2, 0.25) is 0 Å². The third-order valence-corrected chi connectivity index (χ3v) is 3.03. The maximum atomic E-state index is 11.8. The summed E-state index contributed by atoms with van der Waals surface area (Å²) in [4.78, 5) is 23.6. The molecule has 0 fully saturated rings. The minimum atomic E-state index is -0.674. The number of rotatable bonds is 5. The zero-order valence-corrected chi connectivity index (χ0v) is 12.8. The third kappa shape index (κ3) is 3.35. The van der Waals surface area contributed by atoms with Crippen LogP contribution in [0.15, 0.2) is 6.07 Å². The van der Waals surface area contributed by atoms with Crippen molar-refractivity contribution >= 4 is 35.1 Å². The van der Waals surface area contributed by atoms with E-state index in [0.717, 1.165) is 0 Å². The number of hydrogen-bond acceptors (Lipinski definition) is 5. The molecule has 0 heterocycles. The number of carbonyl (C=O) groups is 2. The van der Waals surface area contributed by atoms with E-state index in [1.807, 2.05) is 0 Å².